The van der Waals surface area contributed by atoms with Gasteiger partial charge in [0.05, 0.1) is 6.04 Å². The molecule has 1 amide bonds. The predicted molar refractivity (Wildman–Crippen MR) is 58.8 cm³/mol. The average molecular weight is 201 g/mol. The van der Waals surface area contributed by atoms with Crippen LogP contribution in [-0.2, 0) is 4.79 Å². The minimum absolute atomic E-state index is 0.0745. The third kappa shape index (κ3) is 6.86. The molecule has 4 nitrogen and oxygen atoms in total. The van der Waals surface area contributed by atoms with Crippen molar-refractivity contribution in [2.24, 2.45) is 11.5 Å². The molecule has 0 aromatic carbocycles. The molecule has 4 heteroatoms. The van der Waals surface area contributed by atoms with Gasteiger partial charge in [-0.3, -0.25) is 4.79 Å². The molecule has 0 aliphatic heterocycles. The molecular formula is C10H23N3O. The van der Waals surface area contributed by atoms with Crippen molar-refractivity contribution < 1.29 is 4.79 Å². The van der Waals surface area contributed by atoms with Crippen LogP contribution in [0, 0.1) is 0 Å². The van der Waals surface area contributed by atoms with Crippen LogP contribution < -0.4 is 16.8 Å². The summed E-state index contributed by atoms with van der Waals surface area (Å²) in [5, 5.41) is 2.85. The average Bonchev–Trinajstić information content (AvgIpc) is 2.01. The van der Waals surface area contributed by atoms with Gasteiger partial charge in [-0.25, -0.2) is 0 Å². The second-order valence-corrected chi connectivity index (χ2v) is 4.63. The SMILES string of the molecule is CC(C)(C)NC(=O)[C@@H](N)CCCCN. The highest BCUT2D eigenvalue weighted by Gasteiger charge is 2.18. The molecule has 0 aliphatic rings. The molecule has 14 heavy (non-hydrogen) atoms. The Morgan fingerprint density at radius 1 is 1.36 bits per heavy atom. The van der Waals surface area contributed by atoms with E-state index in [0.717, 1.165) is 12.8 Å². The van der Waals surface area contributed by atoms with Gasteiger partial charge in [-0.2, -0.15) is 0 Å². The minimum atomic E-state index is -0.402. The normalized spacial score (nSPS) is 13.8. The first-order chi connectivity index (χ1) is 6.37. The Balaban J connectivity index is 3.77. The molecule has 5 N–H and O–H groups in total. The summed E-state index contributed by atoms with van der Waals surface area (Å²) in [6.07, 6.45) is 2.55. The van der Waals surface area contributed by atoms with Gasteiger partial charge in [-0.15, -0.1) is 0 Å². The molecule has 84 valence electrons. The number of nitrogens with one attached hydrogen (secondary N) is 1. The number of hydrogen-bond acceptors (Lipinski definition) is 3. The highest BCUT2D eigenvalue weighted by molar-refractivity contribution is 5.82. The zero-order valence-electron chi connectivity index (χ0n) is 9.47. The fraction of sp³-hybridized carbons (Fsp3) is 0.900. The second-order valence-electron chi connectivity index (χ2n) is 4.63. The van der Waals surface area contributed by atoms with Crippen molar-refractivity contribution in [3.05, 3.63) is 0 Å². The molecule has 0 bridgehead atoms. The number of amides is 1. The van der Waals surface area contributed by atoms with Crippen LogP contribution in [0.25, 0.3) is 0 Å². The van der Waals surface area contributed by atoms with E-state index in [-0.39, 0.29) is 11.4 Å². The van der Waals surface area contributed by atoms with Gasteiger partial charge in [0.15, 0.2) is 0 Å². The van der Waals surface area contributed by atoms with E-state index in [4.69, 9.17) is 11.5 Å². The Bertz CT molecular complexity index is 175. The maximum absolute atomic E-state index is 11.5. The number of carbonyl (C=O) groups excluding carboxylic acids is 1. The quantitative estimate of drug-likeness (QED) is 0.562. The fourth-order valence-electron chi connectivity index (χ4n) is 1.10. The molecule has 0 saturated carbocycles. The highest BCUT2D eigenvalue weighted by Crippen LogP contribution is 2.02. The number of unbranched alkanes of at least 4 members (excludes halogenated alkanes) is 1. The molecule has 1 atom stereocenters. The van der Waals surface area contributed by atoms with Gasteiger partial charge in [-0.05, 0) is 40.2 Å². The van der Waals surface area contributed by atoms with Crippen molar-refractivity contribution in [3.8, 4) is 0 Å². The summed E-state index contributed by atoms with van der Waals surface area (Å²) < 4.78 is 0. The van der Waals surface area contributed by atoms with Gasteiger partial charge in [0.25, 0.3) is 0 Å². The van der Waals surface area contributed by atoms with Crippen LogP contribution in [-0.4, -0.2) is 24.0 Å². The van der Waals surface area contributed by atoms with Gasteiger partial charge >= 0.3 is 0 Å². The van der Waals surface area contributed by atoms with Gasteiger partial charge in [0.1, 0.15) is 0 Å². The van der Waals surface area contributed by atoms with Gasteiger partial charge < -0.3 is 16.8 Å². The summed E-state index contributed by atoms with van der Waals surface area (Å²) >= 11 is 0. The summed E-state index contributed by atoms with van der Waals surface area (Å²) in [5.41, 5.74) is 10.9. The molecular weight excluding hydrogens is 178 g/mol. The Hall–Kier alpha value is -0.610. The van der Waals surface area contributed by atoms with Crippen molar-refractivity contribution >= 4 is 5.91 Å². The summed E-state index contributed by atoms with van der Waals surface area (Å²) in [7, 11) is 0. The van der Waals surface area contributed by atoms with Crippen molar-refractivity contribution in [2.75, 3.05) is 6.54 Å². The van der Waals surface area contributed by atoms with Crippen LogP contribution in [0.1, 0.15) is 40.0 Å². The van der Waals surface area contributed by atoms with Crippen molar-refractivity contribution in [1.82, 2.24) is 5.32 Å². The molecule has 0 aliphatic carbocycles. The Kier molecular flexibility index (Phi) is 5.72. The van der Waals surface area contributed by atoms with E-state index >= 15 is 0 Å². The molecule has 0 heterocycles. The molecule has 0 aromatic rings. The van der Waals surface area contributed by atoms with E-state index in [1.165, 1.54) is 0 Å². The minimum Gasteiger partial charge on any atom is -0.350 e. The first-order valence-corrected chi connectivity index (χ1v) is 5.14. The summed E-state index contributed by atoms with van der Waals surface area (Å²) in [5.74, 6) is -0.0745. The van der Waals surface area contributed by atoms with Gasteiger partial charge in [0.2, 0.25) is 5.91 Å². The first kappa shape index (κ1) is 13.4. The lowest BCUT2D eigenvalue weighted by Gasteiger charge is -2.23. The van der Waals surface area contributed by atoms with Crippen molar-refractivity contribution in [3.63, 3.8) is 0 Å². The molecule has 0 rings (SSSR count). The number of rotatable bonds is 5. The van der Waals surface area contributed by atoms with E-state index < -0.39 is 6.04 Å². The van der Waals surface area contributed by atoms with Crippen LogP contribution >= 0.6 is 0 Å². The first-order valence-electron chi connectivity index (χ1n) is 5.14. The Labute approximate surface area is 86.4 Å². The van der Waals surface area contributed by atoms with Crippen LogP contribution in [0.4, 0.5) is 0 Å². The lowest BCUT2D eigenvalue weighted by molar-refractivity contribution is -0.123. The monoisotopic (exact) mass is 201 g/mol. The molecule has 0 unspecified atom stereocenters. The third-order valence-electron chi connectivity index (χ3n) is 1.80. The lowest BCUT2D eigenvalue weighted by atomic mass is 10.1. The van der Waals surface area contributed by atoms with Crippen LogP contribution in [0.15, 0.2) is 0 Å². The van der Waals surface area contributed by atoms with Crippen LogP contribution in [0.5, 0.6) is 0 Å². The number of nitrogens with two attached hydrogens (primary N) is 2. The van der Waals surface area contributed by atoms with Crippen LogP contribution in [0.3, 0.4) is 0 Å². The highest BCUT2D eigenvalue weighted by atomic mass is 16.2. The molecule has 0 spiro atoms. The van der Waals surface area contributed by atoms with Gasteiger partial charge in [-0.1, -0.05) is 6.42 Å². The van der Waals surface area contributed by atoms with Crippen molar-refractivity contribution in [1.29, 1.82) is 0 Å². The van der Waals surface area contributed by atoms with Gasteiger partial charge in [0, 0.05) is 5.54 Å². The molecule has 0 saturated heterocycles. The topological polar surface area (TPSA) is 81.1 Å². The summed E-state index contributed by atoms with van der Waals surface area (Å²) in [4.78, 5) is 11.5. The maximum atomic E-state index is 11.5. The second kappa shape index (κ2) is 5.98. The largest absolute Gasteiger partial charge is 0.350 e. The number of hydrogen-bond donors (Lipinski definition) is 3. The number of carbonyl (C=O) groups is 1. The maximum Gasteiger partial charge on any atom is 0.237 e. The third-order valence-corrected chi connectivity index (χ3v) is 1.80. The summed E-state index contributed by atoms with van der Waals surface area (Å²) in [6, 6.07) is -0.402. The smallest absolute Gasteiger partial charge is 0.237 e. The van der Waals surface area contributed by atoms with E-state index in [2.05, 4.69) is 5.32 Å². The van der Waals surface area contributed by atoms with Crippen LogP contribution in [0.2, 0.25) is 0 Å². The van der Waals surface area contributed by atoms with E-state index in [0.29, 0.717) is 13.0 Å². The predicted octanol–water partition coefficient (Wildman–Crippen LogP) is 0.357. The standard InChI is InChI=1S/C10H23N3O/c1-10(2,3)13-9(14)8(12)6-4-5-7-11/h8H,4-7,11-12H2,1-3H3,(H,13,14)/t8-/m0/s1. The van der Waals surface area contributed by atoms with E-state index in [1.807, 2.05) is 20.8 Å². The zero-order valence-corrected chi connectivity index (χ0v) is 9.47. The Morgan fingerprint density at radius 2 is 1.93 bits per heavy atom. The zero-order chi connectivity index (χ0) is 11.2. The summed E-state index contributed by atoms with van der Waals surface area (Å²) in [6.45, 7) is 6.49. The molecule has 0 fully saturated rings. The molecule has 0 radical (unpaired) electrons. The fourth-order valence-corrected chi connectivity index (χ4v) is 1.10. The lowest BCUT2D eigenvalue weighted by Crippen LogP contribution is -2.48. The molecule has 0 aromatic heterocycles. The van der Waals surface area contributed by atoms with E-state index in [9.17, 15) is 4.79 Å². The van der Waals surface area contributed by atoms with Crippen molar-refractivity contribution in [2.45, 2.75) is 51.6 Å². The van der Waals surface area contributed by atoms with E-state index in [1.54, 1.807) is 0 Å². The Morgan fingerprint density at radius 3 is 2.36 bits per heavy atom.